The van der Waals surface area contributed by atoms with Gasteiger partial charge in [0, 0.05) is 27.2 Å². The molecule has 2 aromatic carbocycles. The van der Waals surface area contributed by atoms with E-state index in [1.165, 1.54) is 9.80 Å². The third-order valence-electron chi connectivity index (χ3n) is 6.29. The van der Waals surface area contributed by atoms with Crippen LogP contribution in [0.25, 0.3) is 0 Å². The van der Waals surface area contributed by atoms with Crippen LogP contribution in [0.15, 0.2) is 60.7 Å². The monoisotopic (exact) mass is 568 g/mol. The van der Waals surface area contributed by atoms with Gasteiger partial charge in [0.15, 0.2) is 0 Å². The Labute approximate surface area is 243 Å². The molecular weight excluding hydrogens is 524 g/mol. The number of nitrogens with zero attached hydrogens (tertiary/aromatic N) is 2. The summed E-state index contributed by atoms with van der Waals surface area (Å²) in [6, 6.07) is 18.8. The molecule has 10 nitrogen and oxygen atoms in total. The summed E-state index contributed by atoms with van der Waals surface area (Å²) in [5, 5.41) is 5.69. The fourth-order valence-electron chi connectivity index (χ4n) is 3.92. The Morgan fingerprint density at radius 3 is 1.27 bits per heavy atom. The van der Waals surface area contributed by atoms with Crippen LogP contribution in [0.5, 0.6) is 0 Å². The molecule has 0 aromatic heterocycles. The summed E-state index contributed by atoms with van der Waals surface area (Å²) < 4.78 is 10.4. The summed E-state index contributed by atoms with van der Waals surface area (Å²) in [4.78, 5) is 50.8. The van der Waals surface area contributed by atoms with E-state index in [1.54, 1.807) is 14.1 Å². The van der Waals surface area contributed by atoms with Crippen molar-refractivity contribution in [2.45, 2.75) is 58.2 Å². The molecule has 0 saturated heterocycles. The molecule has 224 valence electrons. The summed E-state index contributed by atoms with van der Waals surface area (Å²) in [6.07, 6.45) is 5.96. The minimum atomic E-state index is -0.532. The summed E-state index contributed by atoms with van der Waals surface area (Å²) >= 11 is 0. The zero-order valence-electron chi connectivity index (χ0n) is 24.3. The number of ether oxygens (including phenoxy) is 2. The maximum Gasteiger partial charge on any atom is 0.410 e. The van der Waals surface area contributed by atoms with Crippen molar-refractivity contribution < 1.29 is 28.7 Å². The first-order valence-corrected chi connectivity index (χ1v) is 14.2. The van der Waals surface area contributed by atoms with E-state index in [1.807, 2.05) is 60.7 Å². The van der Waals surface area contributed by atoms with Crippen LogP contribution < -0.4 is 10.6 Å². The molecule has 0 aliphatic heterocycles. The maximum atomic E-state index is 12.1. The summed E-state index contributed by atoms with van der Waals surface area (Å²) in [5.74, 6) is -0.414. The van der Waals surface area contributed by atoms with Gasteiger partial charge in [-0.25, -0.2) is 9.59 Å². The Morgan fingerprint density at radius 1 is 0.561 bits per heavy atom. The lowest BCUT2D eigenvalue weighted by atomic mass is 10.1. The molecule has 0 heterocycles. The second-order valence-corrected chi connectivity index (χ2v) is 9.97. The van der Waals surface area contributed by atoms with Gasteiger partial charge in [-0.05, 0) is 24.0 Å². The van der Waals surface area contributed by atoms with Gasteiger partial charge in [0.1, 0.15) is 26.3 Å². The fraction of sp³-hybridized carbons (Fsp3) is 0.484. The van der Waals surface area contributed by atoms with Gasteiger partial charge in [-0.2, -0.15) is 0 Å². The van der Waals surface area contributed by atoms with Crippen LogP contribution >= 0.6 is 0 Å². The van der Waals surface area contributed by atoms with Crippen molar-refractivity contribution in [1.29, 1.82) is 0 Å². The molecule has 0 radical (unpaired) electrons. The van der Waals surface area contributed by atoms with Crippen molar-refractivity contribution in [3.63, 3.8) is 0 Å². The largest absolute Gasteiger partial charge is 0.445 e. The van der Waals surface area contributed by atoms with E-state index in [0.29, 0.717) is 13.1 Å². The summed E-state index contributed by atoms with van der Waals surface area (Å²) in [6.45, 7) is 1.41. The van der Waals surface area contributed by atoms with Gasteiger partial charge in [0.2, 0.25) is 11.8 Å². The lowest BCUT2D eigenvalue weighted by Crippen LogP contribution is -2.38. The first-order chi connectivity index (χ1) is 19.8. The topological polar surface area (TPSA) is 117 Å². The van der Waals surface area contributed by atoms with E-state index in [9.17, 15) is 19.2 Å². The van der Waals surface area contributed by atoms with Crippen molar-refractivity contribution >= 4 is 24.0 Å². The van der Waals surface area contributed by atoms with Gasteiger partial charge in [-0.3, -0.25) is 9.59 Å². The standard InChI is InChI=1S/C31H44N4O6/c1-34(30(38)40-24-26-16-10-8-11-17-26)22-28(36)32-20-14-6-4-3-5-7-15-21-33-29(37)23-35(2)31(39)41-25-27-18-12-9-13-19-27/h8-13,16-19H,3-7,14-15,20-25H2,1-2H3,(H,32,36)(H,33,37). The smallest absolute Gasteiger partial charge is 0.410 e. The van der Waals surface area contributed by atoms with E-state index in [4.69, 9.17) is 9.47 Å². The normalized spacial score (nSPS) is 10.4. The average Bonchev–Trinajstić information content (AvgIpc) is 2.98. The highest BCUT2D eigenvalue weighted by atomic mass is 16.6. The van der Waals surface area contributed by atoms with E-state index >= 15 is 0 Å². The van der Waals surface area contributed by atoms with Crippen LogP contribution in [0.1, 0.15) is 56.1 Å². The number of amides is 4. The van der Waals surface area contributed by atoms with Gasteiger partial charge in [0.25, 0.3) is 0 Å². The summed E-state index contributed by atoms with van der Waals surface area (Å²) in [5.41, 5.74) is 1.79. The van der Waals surface area contributed by atoms with Crippen molar-refractivity contribution in [2.75, 3.05) is 40.3 Å². The fourth-order valence-corrected chi connectivity index (χ4v) is 3.92. The molecule has 0 atom stereocenters. The average molecular weight is 569 g/mol. The predicted molar refractivity (Wildman–Crippen MR) is 157 cm³/mol. The first-order valence-electron chi connectivity index (χ1n) is 14.2. The second-order valence-electron chi connectivity index (χ2n) is 9.97. The lowest BCUT2D eigenvalue weighted by Gasteiger charge is -2.16. The molecule has 2 rings (SSSR count). The maximum absolute atomic E-state index is 12.1. The molecule has 0 aliphatic carbocycles. The SMILES string of the molecule is CN(CC(=O)NCCCCCCCCCNC(=O)CN(C)C(=O)OCc1ccccc1)C(=O)OCc1ccccc1. The molecule has 41 heavy (non-hydrogen) atoms. The second kappa shape index (κ2) is 19.9. The number of hydrogen-bond donors (Lipinski definition) is 2. The van der Waals surface area contributed by atoms with Crippen molar-refractivity contribution in [2.24, 2.45) is 0 Å². The number of carbonyl (C=O) groups excluding carboxylic acids is 4. The Morgan fingerprint density at radius 2 is 0.902 bits per heavy atom. The number of hydrogen-bond acceptors (Lipinski definition) is 6. The number of benzene rings is 2. The molecule has 0 fully saturated rings. The van der Waals surface area contributed by atoms with Gasteiger partial charge in [-0.1, -0.05) is 92.8 Å². The zero-order valence-corrected chi connectivity index (χ0v) is 24.3. The van der Waals surface area contributed by atoms with Gasteiger partial charge < -0.3 is 29.9 Å². The van der Waals surface area contributed by atoms with Gasteiger partial charge in [-0.15, -0.1) is 0 Å². The predicted octanol–water partition coefficient (Wildman–Crippen LogP) is 4.49. The highest BCUT2D eigenvalue weighted by Gasteiger charge is 2.15. The van der Waals surface area contributed by atoms with Crippen LogP contribution in [0.2, 0.25) is 0 Å². The Hall–Kier alpha value is -4.08. The Bertz CT molecular complexity index is 968. The third kappa shape index (κ3) is 15.3. The minimum absolute atomic E-state index is 0.0429. The molecule has 2 aromatic rings. The molecule has 4 amide bonds. The molecular formula is C31H44N4O6. The molecule has 0 spiro atoms. The highest BCUT2D eigenvalue weighted by molar-refractivity contribution is 5.82. The van der Waals surface area contributed by atoms with E-state index in [-0.39, 0.29) is 38.1 Å². The lowest BCUT2D eigenvalue weighted by molar-refractivity contribution is -0.122. The number of likely N-dealkylation sites (N-methyl/N-ethyl adjacent to an activating group) is 2. The van der Waals surface area contributed by atoms with Crippen molar-refractivity contribution in [3.05, 3.63) is 71.8 Å². The summed E-state index contributed by atoms with van der Waals surface area (Å²) in [7, 11) is 3.09. The van der Waals surface area contributed by atoms with Crippen LogP contribution in [-0.2, 0) is 32.3 Å². The van der Waals surface area contributed by atoms with Crippen LogP contribution in [-0.4, -0.2) is 74.1 Å². The quantitative estimate of drug-likeness (QED) is 0.256. The molecule has 0 bridgehead atoms. The number of nitrogens with one attached hydrogen (secondary N) is 2. The van der Waals surface area contributed by atoms with E-state index in [0.717, 1.165) is 56.1 Å². The minimum Gasteiger partial charge on any atom is -0.445 e. The van der Waals surface area contributed by atoms with Crippen molar-refractivity contribution in [1.82, 2.24) is 20.4 Å². The van der Waals surface area contributed by atoms with Gasteiger partial charge in [0.05, 0.1) is 0 Å². The molecule has 10 heteroatoms. The van der Waals surface area contributed by atoms with Crippen LogP contribution in [0, 0.1) is 0 Å². The molecule has 0 saturated carbocycles. The Kier molecular flexibility index (Phi) is 16.1. The van der Waals surface area contributed by atoms with E-state index in [2.05, 4.69) is 10.6 Å². The Balaban J connectivity index is 1.38. The number of rotatable bonds is 18. The van der Waals surface area contributed by atoms with Crippen LogP contribution in [0.3, 0.4) is 0 Å². The van der Waals surface area contributed by atoms with E-state index < -0.39 is 12.2 Å². The van der Waals surface area contributed by atoms with Crippen LogP contribution in [0.4, 0.5) is 9.59 Å². The third-order valence-corrected chi connectivity index (χ3v) is 6.29. The first kappa shape index (κ1) is 33.1. The van der Waals surface area contributed by atoms with Crippen molar-refractivity contribution in [3.8, 4) is 0 Å². The van der Waals surface area contributed by atoms with Gasteiger partial charge >= 0.3 is 12.2 Å². The number of unbranched alkanes of at least 4 members (excludes halogenated alkanes) is 6. The zero-order chi connectivity index (χ0) is 29.7. The number of carbonyl (C=O) groups is 4. The highest BCUT2D eigenvalue weighted by Crippen LogP contribution is 2.07. The molecule has 0 aliphatic rings. The molecule has 0 unspecified atom stereocenters. The molecule has 2 N–H and O–H groups in total.